The highest BCUT2D eigenvalue weighted by molar-refractivity contribution is 6.31. The van der Waals surface area contributed by atoms with Gasteiger partial charge in [-0.1, -0.05) is 11.6 Å². The predicted molar refractivity (Wildman–Crippen MR) is 51.9 cm³/mol. The highest BCUT2D eigenvalue weighted by Gasteiger charge is 2.17. The van der Waals surface area contributed by atoms with E-state index in [0.717, 1.165) is 6.07 Å². The Hall–Kier alpha value is -1.34. The van der Waals surface area contributed by atoms with Crippen LogP contribution in [0.15, 0.2) is 6.07 Å². The van der Waals surface area contributed by atoms with Gasteiger partial charge in [-0.15, -0.1) is 0 Å². The standard InChI is InChI=1S/C10H8ClF2NO/c1-15-8-5-7(12)9(11)10(13)6(8)3-2-4-14/h5H,2-3H2,1H3. The van der Waals surface area contributed by atoms with Crippen molar-refractivity contribution in [1.82, 2.24) is 0 Å². The molecule has 0 heterocycles. The third-order valence-electron chi connectivity index (χ3n) is 1.93. The smallest absolute Gasteiger partial charge is 0.151 e. The number of hydrogen-bond donors (Lipinski definition) is 0. The van der Waals surface area contributed by atoms with E-state index in [0.29, 0.717) is 0 Å². The van der Waals surface area contributed by atoms with Crippen molar-refractivity contribution in [3.8, 4) is 11.8 Å². The Morgan fingerprint density at radius 3 is 2.73 bits per heavy atom. The monoisotopic (exact) mass is 231 g/mol. The van der Waals surface area contributed by atoms with Crippen molar-refractivity contribution in [2.45, 2.75) is 12.8 Å². The Bertz CT molecular complexity index is 415. The Morgan fingerprint density at radius 2 is 2.20 bits per heavy atom. The molecule has 0 N–H and O–H groups in total. The van der Waals surface area contributed by atoms with Crippen LogP contribution in [-0.4, -0.2) is 7.11 Å². The van der Waals surface area contributed by atoms with Gasteiger partial charge in [-0.2, -0.15) is 5.26 Å². The largest absolute Gasteiger partial charge is 0.496 e. The van der Waals surface area contributed by atoms with E-state index < -0.39 is 16.7 Å². The second-order valence-corrected chi connectivity index (χ2v) is 3.20. The molecule has 0 amide bonds. The van der Waals surface area contributed by atoms with Gasteiger partial charge in [-0.05, 0) is 6.42 Å². The molecule has 0 aliphatic heterocycles. The molecule has 2 nitrogen and oxygen atoms in total. The molecule has 0 aromatic heterocycles. The summed E-state index contributed by atoms with van der Waals surface area (Å²) in [5, 5.41) is 7.82. The molecule has 1 aromatic carbocycles. The van der Waals surface area contributed by atoms with Crippen LogP contribution in [0.4, 0.5) is 8.78 Å². The van der Waals surface area contributed by atoms with E-state index >= 15 is 0 Å². The fourth-order valence-electron chi connectivity index (χ4n) is 1.21. The van der Waals surface area contributed by atoms with Crippen LogP contribution in [0.25, 0.3) is 0 Å². The van der Waals surface area contributed by atoms with Gasteiger partial charge in [0.25, 0.3) is 0 Å². The van der Waals surface area contributed by atoms with Crippen LogP contribution in [0.2, 0.25) is 5.02 Å². The summed E-state index contributed by atoms with van der Waals surface area (Å²) in [6.45, 7) is 0. The zero-order valence-corrected chi connectivity index (χ0v) is 8.74. The Morgan fingerprint density at radius 1 is 1.53 bits per heavy atom. The van der Waals surface area contributed by atoms with E-state index in [2.05, 4.69) is 0 Å². The molecule has 0 saturated carbocycles. The van der Waals surface area contributed by atoms with E-state index in [-0.39, 0.29) is 24.2 Å². The van der Waals surface area contributed by atoms with Crippen LogP contribution in [0.5, 0.6) is 5.75 Å². The van der Waals surface area contributed by atoms with Crippen molar-refractivity contribution in [3.05, 3.63) is 28.3 Å². The number of benzene rings is 1. The average molecular weight is 232 g/mol. The molecule has 0 aliphatic carbocycles. The zero-order valence-electron chi connectivity index (χ0n) is 7.98. The van der Waals surface area contributed by atoms with Crippen molar-refractivity contribution in [3.63, 3.8) is 0 Å². The molecule has 1 aromatic rings. The zero-order chi connectivity index (χ0) is 11.4. The van der Waals surface area contributed by atoms with Crippen LogP contribution in [0.1, 0.15) is 12.0 Å². The molecule has 0 saturated heterocycles. The minimum absolute atomic E-state index is 0.0738. The van der Waals surface area contributed by atoms with Gasteiger partial charge in [0.15, 0.2) is 5.82 Å². The second-order valence-electron chi connectivity index (χ2n) is 2.83. The van der Waals surface area contributed by atoms with Crippen LogP contribution >= 0.6 is 11.6 Å². The minimum Gasteiger partial charge on any atom is -0.496 e. The molecular weight excluding hydrogens is 224 g/mol. The number of hydrogen-bond acceptors (Lipinski definition) is 2. The second kappa shape index (κ2) is 4.94. The van der Waals surface area contributed by atoms with Gasteiger partial charge in [-0.3, -0.25) is 0 Å². The highest BCUT2D eigenvalue weighted by atomic mass is 35.5. The summed E-state index contributed by atoms with van der Waals surface area (Å²) in [6, 6.07) is 2.88. The number of nitriles is 1. The molecule has 0 fully saturated rings. The van der Waals surface area contributed by atoms with Crippen molar-refractivity contribution in [2.75, 3.05) is 7.11 Å². The number of nitrogens with zero attached hydrogens (tertiary/aromatic N) is 1. The van der Waals surface area contributed by atoms with Crippen LogP contribution in [0, 0.1) is 23.0 Å². The molecule has 0 radical (unpaired) electrons. The average Bonchev–Trinajstić information content (AvgIpc) is 2.24. The van der Waals surface area contributed by atoms with Gasteiger partial charge in [0.1, 0.15) is 16.6 Å². The summed E-state index contributed by atoms with van der Waals surface area (Å²) in [7, 11) is 1.30. The first-order chi connectivity index (χ1) is 7.11. The fourth-order valence-corrected chi connectivity index (χ4v) is 1.38. The molecule has 0 atom stereocenters. The van der Waals surface area contributed by atoms with Gasteiger partial charge >= 0.3 is 0 Å². The molecule has 5 heteroatoms. The maximum Gasteiger partial charge on any atom is 0.151 e. The van der Waals surface area contributed by atoms with Crippen LogP contribution in [0.3, 0.4) is 0 Å². The normalized spacial score (nSPS) is 9.80. The SMILES string of the molecule is COc1cc(F)c(Cl)c(F)c1CCC#N. The molecular formula is C10H8ClF2NO. The number of ether oxygens (including phenoxy) is 1. The van der Waals surface area contributed by atoms with Crippen molar-refractivity contribution in [1.29, 1.82) is 5.26 Å². The fraction of sp³-hybridized carbons (Fsp3) is 0.300. The lowest BCUT2D eigenvalue weighted by Gasteiger charge is -2.09. The number of rotatable bonds is 3. The third-order valence-corrected chi connectivity index (χ3v) is 2.28. The maximum absolute atomic E-state index is 13.5. The van der Waals surface area contributed by atoms with E-state index in [1.165, 1.54) is 7.11 Å². The van der Waals surface area contributed by atoms with E-state index in [4.69, 9.17) is 21.6 Å². The van der Waals surface area contributed by atoms with E-state index in [1.807, 2.05) is 6.07 Å². The van der Waals surface area contributed by atoms with E-state index in [9.17, 15) is 8.78 Å². The quantitative estimate of drug-likeness (QED) is 0.749. The molecule has 1 rings (SSSR count). The maximum atomic E-state index is 13.5. The first-order valence-electron chi connectivity index (χ1n) is 4.19. The summed E-state index contributed by atoms with van der Waals surface area (Å²) >= 11 is 5.40. The van der Waals surface area contributed by atoms with Crippen LogP contribution in [-0.2, 0) is 6.42 Å². The van der Waals surface area contributed by atoms with E-state index in [1.54, 1.807) is 0 Å². The van der Waals surface area contributed by atoms with Crippen molar-refractivity contribution in [2.24, 2.45) is 0 Å². The van der Waals surface area contributed by atoms with Gasteiger partial charge in [-0.25, -0.2) is 8.78 Å². The topological polar surface area (TPSA) is 33.0 Å². The van der Waals surface area contributed by atoms with Gasteiger partial charge in [0, 0.05) is 18.1 Å². The first kappa shape index (κ1) is 11.7. The lowest BCUT2D eigenvalue weighted by Crippen LogP contribution is -1.99. The predicted octanol–water partition coefficient (Wildman–Crippen LogP) is 3.08. The van der Waals surface area contributed by atoms with Crippen molar-refractivity contribution < 1.29 is 13.5 Å². The first-order valence-corrected chi connectivity index (χ1v) is 4.57. The highest BCUT2D eigenvalue weighted by Crippen LogP contribution is 2.30. The van der Waals surface area contributed by atoms with Gasteiger partial charge in [0.2, 0.25) is 0 Å². The summed E-state index contributed by atoms with van der Waals surface area (Å²) in [4.78, 5) is 0. The minimum atomic E-state index is -0.869. The summed E-state index contributed by atoms with van der Waals surface area (Å²) in [5.41, 5.74) is 0.130. The molecule has 0 spiro atoms. The van der Waals surface area contributed by atoms with Gasteiger partial charge < -0.3 is 4.74 Å². The van der Waals surface area contributed by atoms with Crippen LogP contribution < -0.4 is 4.74 Å². The summed E-state index contributed by atoms with van der Waals surface area (Å²) in [6.07, 6.45) is 0.265. The molecule has 0 bridgehead atoms. The van der Waals surface area contributed by atoms with Crippen molar-refractivity contribution >= 4 is 11.6 Å². The number of methoxy groups -OCH3 is 1. The van der Waals surface area contributed by atoms with Gasteiger partial charge in [0.05, 0.1) is 13.2 Å². The third kappa shape index (κ3) is 2.37. The molecule has 15 heavy (non-hydrogen) atoms. The Balaban J connectivity index is 3.22. The lowest BCUT2D eigenvalue weighted by molar-refractivity contribution is 0.400. The molecule has 0 aliphatic rings. The Kier molecular flexibility index (Phi) is 3.87. The molecule has 80 valence electrons. The summed E-state index contributed by atoms with van der Waals surface area (Å²) < 4.78 is 31.3. The lowest BCUT2D eigenvalue weighted by atomic mass is 10.1. The summed E-state index contributed by atoms with van der Waals surface area (Å²) in [5.74, 6) is -1.65. The Labute approximate surface area is 91.0 Å². The number of halogens is 3. The molecule has 0 unspecified atom stereocenters.